The highest BCUT2D eigenvalue weighted by Gasteiger charge is 2.30. The molecule has 0 bridgehead atoms. The van der Waals surface area contributed by atoms with E-state index in [4.69, 9.17) is 20.2 Å². The number of hydrogen-bond donors (Lipinski definition) is 2. The highest BCUT2D eigenvalue weighted by molar-refractivity contribution is 6.01. The van der Waals surface area contributed by atoms with E-state index in [9.17, 15) is 4.79 Å². The van der Waals surface area contributed by atoms with Crippen molar-refractivity contribution < 1.29 is 14.3 Å². The van der Waals surface area contributed by atoms with Crippen LogP contribution < -0.4 is 25.4 Å². The second kappa shape index (κ2) is 10.6. The van der Waals surface area contributed by atoms with Gasteiger partial charge >= 0.3 is 0 Å². The average molecular weight is 498 g/mol. The molecule has 1 atom stereocenters. The zero-order chi connectivity index (χ0) is 25.8. The van der Waals surface area contributed by atoms with Gasteiger partial charge in [0, 0.05) is 25.2 Å². The van der Waals surface area contributed by atoms with Crippen LogP contribution in [0.1, 0.15) is 5.56 Å². The molecule has 5 rings (SSSR count). The number of fused-ring (bicyclic) bond motifs is 1. The molecule has 10 heteroatoms. The standard InChI is InChI=1S/C27H27N7O3/c1-36-22-11-9-18(14-23(22)37-2)19-15-30-25-24(31-19)26(33-27(28)32-25)34-13-12-29-16-20(34)21(35)10-8-17-6-4-3-5-7-17/h3-11,14-15,20,29H,12-13,16H2,1-2H3,(H2,28,30,32,33). The molecule has 1 aliphatic heterocycles. The molecule has 3 heterocycles. The third-order valence-electron chi connectivity index (χ3n) is 6.17. The highest BCUT2D eigenvalue weighted by Crippen LogP contribution is 2.33. The van der Waals surface area contributed by atoms with Crippen LogP contribution in [0.2, 0.25) is 0 Å². The number of nitrogens with one attached hydrogen (secondary N) is 1. The molecule has 1 unspecified atom stereocenters. The number of carbonyl (C=O) groups is 1. The van der Waals surface area contributed by atoms with Crippen LogP contribution in [-0.4, -0.2) is 65.6 Å². The molecule has 1 aliphatic rings. The Balaban J connectivity index is 1.54. The van der Waals surface area contributed by atoms with Crippen LogP contribution in [0, 0.1) is 0 Å². The Kier molecular flexibility index (Phi) is 6.91. The van der Waals surface area contributed by atoms with Crippen molar-refractivity contribution in [2.75, 3.05) is 44.5 Å². The number of nitrogen functional groups attached to an aromatic ring is 1. The Morgan fingerprint density at radius 1 is 1.08 bits per heavy atom. The molecular weight excluding hydrogens is 470 g/mol. The molecule has 1 fully saturated rings. The third kappa shape index (κ3) is 5.05. The van der Waals surface area contributed by atoms with Gasteiger partial charge in [0.1, 0.15) is 6.04 Å². The minimum absolute atomic E-state index is 0.0506. The molecule has 37 heavy (non-hydrogen) atoms. The van der Waals surface area contributed by atoms with E-state index in [1.165, 1.54) is 0 Å². The molecule has 0 saturated carbocycles. The number of hydrogen-bond acceptors (Lipinski definition) is 10. The van der Waals surface area contributed by atoms with Gasteiger partial charge in [-0.1, -0.05) is 36.4 Å². The summed E-state index contributed by atoms with van der Waals surface area (Å²) >= 11 is 0. The monoisotopic (exact) mass is 497 g/mol. The number of aromatic nitrogens is 4. The zero-order valence-corrected chi connectivity index (χ0v) is 20.6. The molecule has 4 aromatic rings. The molecule has 2 aromatic carbocycles. The van der Waals surface area contributed by atoms with Crippen LogP contribution in [0.15, 0.2) is 60.8 Å². The quantitative estimate of drug-likeness (QED) is 0.368. The summed E-state index contributed by atoms with van der Waals surface area (Å²) in [6, 6.07) is 14.7. The van der Waals surface area contributed by atoms with Crippen molar-refractivity contribution in [2.24, 2.45) is 0 Å². The number of nitrogens with two attached hydrogens (primary N) is 1. The van der Waals surface area contributed by atoms with E-state index in [0.717, 1.165) is 11.1 Å². The van der Waals surface area contributed by atoms with Gasteiger partial charge in [0.15, 0.2) is 34.3 Å². The summed E-state index contributed by atoms with van der Waals surface area (Å²) in [6.07, 6.45) is 5.05. The molecule has 0 amide bonds. The first-order chi connectivity index (χ1) is 18.1. The van der Waals surface area contributed by atoms with Gasteiger partial charge in [-0.25, -0.2) is 9.97 Å². The second-order valence-electron chi connectivity index (χ2n) is 8.46. The van der Waals surface area contributed by atoms with E-state index in [1.54, 1.807) is 26.5 Å². The van der Waals surface area contributed by atoms with Crippen molar-refractivity contribution in [2.45, 2.75) is 6.04 Å². The first-order valence-electron chi connectivity index (χ1n) is 11.8. The molecule has 0 aliphatic carbocycles. The van der Waals surface area contributed by atoms with Gasteiger partial charge in [-0.05, 0) is 29.8 Å². The number of ether oxygens (including phenoxy) is 2. The predicted molar refractivity (Wildman–Crippen MR) is 143 cm³/mol. The summed E-state index contributed by atoms with van der Waals surface area (Å²) in [4.78, 5) is 33.4. The first kappa shape index (κ1) is 24.1. The normalized spacial score (nSPS) is 15.7. The molecule has 2 aromatic heterocycles. The molecule has 1 saturated heterocycles. The fourth-order valence-corrected chi connectivity index (χ4v) is 4.31. The van der Waals surface area contributed by atoms with Gasteiger partial charge in [0.25, 0.3) is 0 Å². The number of piperazine rings is 1. The minimum Gasteiger partial charge on any atom is -0.493 e. The number of nitrogens with zero attached hydrogens (tertiary/aromatic N) is 5. The summed E-state index contributed by atoms with van der Waals surface area (Å²) in [7, 11) is 3.16. The second-order valence-corrected chi connectivity index (χ2v) is 8.46. The van der Waals surface area contributed by atoms with E-state index in [0.29, 0.717) is 53.8 Å². The smallest absolute Gasteiger partial charge is 0.224 e. The van der Waals surface area contributed by atoms with Crippen molar-refractivity contribution in [1.82, 2.24) is 25.3 Å². The first-order valence-corrected chi connectivity index (χ1v) is 11.8. The van der Waals surface area contributed by atoms with Crippen LogP contribution in [0.25, 0.3) is 28.5 Å². The van der Waals surface area contributed by atoms with Crippen molar-refractivity contribution in [1.29, 1.82) is 0 Å². The Labute approximate surface area is 214 Å². The Bertz CT molecular complexity index is 1460. The number of anilines is 2. The maximum Gasteiger partial charge on any atom is 0.224 e. The van der Waals surface area contributed by atoms with Gasteiger partial charge in [0.05, 0.1) is 26.1 Å². The van der Waals surface area contributed by atoms with Crippen molar-refractivity contribution >= 4 is 34.8 Å². The number of benzene rings is 2. The SMILES string of the molecule is COc1ccc(-c2cnc3nc(N)nc(N4CCNCC4C(=O)C=Cc4ccccc4)c3n2)cc1OC. The topological polar surface area (TPSA) is 128 Å². The van der Waals surface area contributed by atoms with E-state index < -0.39 is 6.04 Å². The third-order valence-corrected chi connectivity index (χ3v) is 6.17. The molecule has 0 radical (unpaired) electrons. The van der Waals surface area contributed by atoms with Gasteiger partial charge < -0.3 is 25.4 Å². The van der Waals surface area contributed by atoms with Crippen LogP contribution in [0.3, 0.4) is 0 Å². The lowest BCUT2D eigenvalue weighted by molar-refractivity contribution is -0.115. The molecular formula is C27H27N7O3. The van der Waals surface area contributed by atoms with Crippen molar-refractivity contribution in [3.05, 3.63) is 66.4 Å². The molecule has 3 N–H and O–H groups in total. The van der Waals surface area contributed by atoms with E-state index in [1.807, 2.05) is 59.5 Å². The Morgan fingerprint density at radius 2 is 1.89 bits per heavy atom. The largest absolute Gasteiger partial charge is 0.493 e. The maximum atomic E-state index is 13.3. The minimum atomic E-state index is -0.488. The van der Waals surface area contributed by atoms with Crippen LogP contribution in [0.5, 0.6) is 11.5 Å². The lowest BCUT2D eigenvalue weighted by atomic mass is 10.1. The number of methoxy groups -OCH3 is 2. The lowest BCUT2D eigenvalue weighted by Gasteiger charge is -2.35. The van der Waals surface area contributed by atoms with Crippen LogP contribution in [-0.2, 0) is 4.79 Å². The molecule has 188 valence electrons. The zero-order valence-electron chi connectivity index (χ0n) is 20.6. The summed E-state index contributed by atoms with van der Waals surface area (Å²) < 4.78 is 10.8. The molecule has 0 spiro atoms. The van der Waals surface area contributed by atoms with Gasteiger partial charge in [-0.2, -0.15) is 9.97 Å². The van der Waals surface area contributed by atoms with E-state index in [-0.39, 0.29) is 11.7 Å². The summed E-state index contributed by atoms with van der Waals surface area (Å²) in [5.74, 6) is 1.69. The van der Waals surface area contributed by atoms with Gasteiger partial charge in [0.2, 0.25) is 5.95 Å². The fraction of sp³-hybridized carbons (Fsp3) is 0.222. The summed E-state index contributed by atoms with van der Waals surface area (Å²) in [6.45, 7) is 1.69. The summed E-state index contributed by atoms with van der Waals surface area (Å²) in [5, 5.41) is 3.30. The van der Waals surface area contributed by atoms with E-state index >= 15 is 0 Å². The Morgan fingerprint density at radius 3 is 2.68 bits per heavy atom. The van der Waals surface area contributed by atoms with Crippen molar-refractivity contribution in [3.8, 4) is 22.8 Å². The van der Waals surface area contributed by atoms with Crippen molar-refractivity contribution in [3.63, 3.8) is 0 Å². The van der Waals surface area contributed by atoms with E-state index in [2.05, 4.69) is 20.3 Å². The number of carbonyl (C=O) groups excluding carboxylic acids is 1. The average Bonchev–Trinajstić information content (AvgIpc) is 2.95. The van der Waals surface area contributed by atoms with Gasteiger partial charge in [-0.3, -0.25) is 4.79 Å². The Hall–Kier alpha value is -4.57. The van der Waals surface area contributed by atoms with Gasteiger partial charge in [-0.15, -0.1) is 0 Å². The number of ketones is 1. The summed E-state index contributed by atoms with van der Waals surface area (Å²) in [5.41, 5.74) is 9.21. The molecule has 10 nitrogen and oxygen atoms in total. The predicted octanol–water partition coefficient (Wildman–Crippen LogP) is 2.75. The lowest BCUT2D eigenvalue weighted by Crippen LogP contribution is -2.55. The van der Waals surface area contributed by atoms with Crippen LogP contribution >= 0.6 is 0 Å². The maximum absolute atomic E-state index is 13.3. The fourth-order valence-electron chi connectivity index (χ4n) is 4.31. The highest BCUT2D eigenvalue weighted by atomic mass is 16.5. The van der Waals surface area contributed by atoms with Crippen LogP contribution in [0.4, 0.5) is 11.8 Å². The number of rotatable bonds is 7.